The van der Waals surface area contributed by atoms with Crippen LogP contribution in [0.4, 0.5) is 11.4 Å². The van der Waals surface area contributed by atoms with Crippen LogP contribution < -0.4 is 16.0 Å². The van der Waals surface area contributed by atoms with Gasteiger partial charge in [0.15, 0.2) is 0 Å². The standard InChI is InChI=1S/C23H22ClN3O2/c1-16-5-4-7-17(13-16)23(29)27-20-11-9-19(10-12-20)25-15-22(28)26-14-18-6-2-3-8-21(18)24/h2-13,25H,14-15H2,1H3,(H,26,28)(H,27,29). The van der Waals surface area contributed by atoms with Gasteiger partial charge < -0.3 is 16.0 Å². The summed E-state index contributed by atoms with van der Waals surface area (Å²) < 4.78 is 0. The number of aryl methyl sites for hydroxylation is 1. The molecule has 29 heavy (non-hydrogen) atoms. The summed E-state index contributed by atoms with van der Waals surface area (Å²) >= 11 is 6.08. The number of rotatable bonds is 7. The Morgan fingerprint density at radius 2 is 1.62 bits per heavy atom. The number of amides is 2. The molecule has 0 radical (unpaired) electrons. The van der Waals surface area contributed by atoms with Crippen molar-refractivity contribution >= 4 is 34.8 Å². The molecule has 0 aromatic heterocycles. The van der Waals surface area contributed by atoms with Crippen molar-refractivity contribution in [1.29, 1.82) is 0 Å². The van der Waals surface area contributed by atoms with E-state index < -0.39 is 0 Å². The average Bonchev–Trinajstić information content (AvgIpc) is 2.72. The van der Waals surface area contributed by atoms with Crippen LogP contribution in [-0.4, -0.2) is 18.4 Å². The van der Waals surface area contributed by atoms with Crippen LogP contribution >= 0.6 is 11.6 Å². The van der Waals surface area contributed by atoms with Crippen molar-refractivity contribution in [3.05, 3.63) is 94.5 Å². The largest absolute Gasteiger partial charge is 0.376 e. The first kappa shape index (κ1) is 20.4. The van der Waals surface area contributed by atoms with E-state index in [1.54, 1.807) is 24.3 Å². The number of hydrogen-bond acceptors (Lipinski definition) is 3. The number of carbonyl (C=O) groups excluding carboxylic acids is 2. The maximum Gasteiger partial charge on any atom is 0.255 e. The van der Waals surface area contributed by atoms with E-state index in [2.05, 4.69) is 16.0 Å². The summed E-state index contributed by atoms with van der Waals surface area (Å²) in [6, 6.07) is 22.0. The predicted octanol–water partition coefficient (Wildman–Crippen LogP) is 4.63. The van der Waals surface area contributed by atoms with Crippen LogP contribution in [0, 0.1) is 6.92 Å². The van der Waals surface area contributed by atoms with Crippen molar-refractivity contribution in [2.24, 2.45) is 0 Å². The van der Waals surface area contributed by atoms with Gasteiger partial charge in [0.1, 0.15) is 0 Å². The van der Waals surface area contributed by atoms with Crippen LogP contribution in [0.1, 0.15) is 21.5 Å². The molecular formula is C23H22ClN3O2. The Balaban J connectivity index is 1.47. The molecule has 0 spiro atoms. The summed E-state index contributed by atoms with van der Waals surface area (Å²) in [5.74, 6) is -0.296. The molecule has 0 unspecified atom stereocenters. The molecule has 0 heterocycles. The first-order valence-corrected chi connectivity index (χ1v) is 9.61. The van der Waals surface area contributed by atoms with Crippen LogP contribution in [0.15, 0.2) is 72.8 Å². The van der Waals surface area contributed by atoms with Crippen molar-refractivity contribution in [1.82, 2.24) is 5.32 Å². The lowest BCUT2D eigenvalue weighted by Gasteiger charge is -2.10. The molecule has 0 fully saturated rings. The van der Waals surface area contributed by atoms with Gasteiger partial charge in [-0.25, -0.2) is 0 Å². The minimum Gasteiger partial charge on any atom is -0.376 e. The molecule has 0 saturated carbocycles. The number of carbonyl (C=O) groups is 2. The lowest BCUT2D eigenvalue weighted by Crippen LogP contribution is -2.29. The Morgan fingerprint density at radius 3 is 2.34 bits per heavy atom. The Hall–Kier alpha value is -3.31. The summed E-state index contributed by atoms with van der Waals surface area (Å²) in [6.45, 7) is 2.46. The van der Waals surface area contributed by atoms with Crippen LogP contribution in [0.3, 0.4) is 0 Å². The second-order valence-electron chi connectivity index (χ2n) is 6.62. The highest BCUT2D eigenvalue weighted by Crippen LogP contribution is 2.16. The molecule has 0 aliphatic carbocycles. The fourth-order valence-corrected chi connectivity index (χ4v) is 2.94. The van der Waals surface area contributed by atoms with Crippen molar-refractivity contribution < 1.29 is 9.59 Å². The normalized spacial score (nSPS) is 10.3. The average molecular weight is 408 g/mol. The zero-order chi connectivity index (χ0) is 20.6. The highest BCUT2D eigenvalue weighted by Gasteiger charge is 2.07. The van der Waals surface area contributed by atoms with Crippen molar-refractivity contribution in [2.45, 2.75) is 13.5 Å². The SMILES string of the molecule is Cc1cccc(C(=O)Nc2ccc(NCC(=O)NCc3ccccc3Cl)cc2)c1. The Bertz CT molecular complexity index is 1000. The van der Waals surface area contributed by atoms with E-state index in [9.17, 15) is 9.59 Å². The highest BCUT2D eigenvalue weighted by molar-refractivity contribution is 6.31. The lowest BCUT2D eigenvalue weighted by molar-refractivity contribution is -0.119. The maximum absolute atomic E-state index is 12.3. The summed E-state index contributed by atoms with van der Waals surface area (Å²) in [5.41, 5.74) is 3.99. The number of nitrogens with one attached hydrogen (secondary N) is 3. The third-order valence-electron chi connectivity index (χ3n) is 4.31. The summed E-state index contributed by atoms with van der Waals surface area (Å²) in [5, 5.41) is 9.38. The van der Waals surface area contributed by atoms with E-state index in [1.807, 2.05) is 55.5 Å². The third-order valence-corrected chi connectivity index (χ3v) is 4.68. The van der Waals surface area contributed by atoms with E-state index in [0.717, 1.165) is 16.8 Å². The van der Waals surface area contributed by atoms with E-state index >= 15 is 0 Å². The zero-order valence-corrected chi connectivity index (χ0v) is 16.8. The zero-order valence-electron chi connectivity index (χ0n) is 16.0. The number of hydrogen-bond donors (Lipinski definition) is 3. The van der Waals surface area contributed by atoms with E-state index in [-0.39, 0.29) is 18.4 Å². The molecule has 3 rings (SSSR count). The second kappa shape index (κ2) is 9.75. The molecule has 3 aromatic carbocycles. The van der Waals surface area contributed by atoms with E-state index in [0.29, 0.717) is 22.8 Å². The van der Waals surface area contributed by atoms with Gasteiger partial charge in [0.05, 0.1) is 6.54 Å². The molecule has 5 nitrogen and oxygen atoms in total. The molecule has 6 heteroatoms. The monoisotopic (exact) mass is 407 g/mol. The molecule has 0 aliphatic heterocycles. The van der Waals surface area contributed by atoms with Gasteiger partial charge in [-0.15, -0.1) is 0 Å². The Kier molecular flexibility index (Phi) is 6.87. The fourth-order valence-electron chi connectivity index (χ4n) is 2.74. The summed E-state index contributed by atoms with van der Waals surface area (Å²) in [7, 11) is 0. The molecule has 0 bridgehead atoms. The maximum atomic E-state index is 12.3. The molecular weight excluding hydrogens is 386 g/mol. The second-order valence-corrected chi connectivity index (χ2v) is 7.03. The van der Waals surface area contributed by atoms with Gasteiger partial charge >= 0.3 is 0 Å². The van der Waals surface area contributed by atoms with Crippen LogP contribution in [0.25, 0.3) is 0 Å². The van der Waals surface area contributed by atoms with Gasteiger partial charge in [0.2, 0.25) is 5.91 Å². The molecule has 2 amide bonds. The topological polar surface area (TPSA) is 70.2 Å². The quantitative estimate of drug-likeness (QED) is 0.534. The van der Waals surface area contributed by atoms with Crippen LogP contribution in [0.5, 0.6) is 0 Å². The van der Waals surface area contributed by atoms with Gasteiger partial charge in [-0.3, -0.25) is 9.59 Å². The van der Waals surface area contributed by atoms with Gasteiger partial charge in [-0.1, -0.05) is 47.5 Å². The first-order chi connectivity index (χ1) is 14.0. The van der Waals surface area contributed by atoms with Gasteiger partial charge in [-0.05, 0) is 55.0 Å². The number of anilines is 2. The molecule has 3 aromatic rings. The van der Waals surface area contributed by atoms with Gasteiger partial charge in [0, 0.05) is 28.5 Å². The van der Waals surface area contributed by atoms with E-state index in [4.69, 9.17) is 11.6 Å². The lowest BCUT2D eigenvalue weighted by atomic mass is 10.1. The molecule has 3 N–H and O–H groups in total. The minimum atomic E-state index is -0.159. The summed E-state index contributed by atoms with van der Waals surface area (Å²) in [6.07, 6.45) is 0. The third kappa shape index (κ3) is 6.09. The van der Waals surface area contributed by atoms with Crippen molar-refractivity contribution in [3.8, 4) is 0 Å². The van der Waals surface area contributed by atoms with Gasteiger partial charge in [0.25, 0.3) is 5.91 Å². The highest BCUT2D eigenvalue weighted by atomic mass is 35.5. The Labute approximate surface area is 175 Å². The number of halogens is 1. The van der Waals surface area contributed by atoms with Gasteiger partial charge in [-0.2, -0.15) is 0 Å². The molecule has 0 atom stereocenters. The molecule has 148 valence electrons. The molecule has 0 aliphatic rings. The van der Waals surface area contributed by atoms with Crippen molar-refractivity contribution in [2.75, 3.05) is 17.2 Å². The number of benzene rings is 3. The fraction of sp³-hybridized carbons (Fsp3) is 0.130. The molecule has 0 saturated heterocycles. The smallest absolute Gasteiger partial charge is 0.255 e. The first-order valence-electron chi connectivity index (χ1n) is 9.23. The van der Waals surface area contributed by atoms with Crippen LogP contribution in [-0.2, 0) is 11.3 Å². The Morgan fingerprint density at radius 1 is 0.897 bits per heavy atom. The predicted molar refractivity (Wildman–Crippen MR) is 117 cm³/mol. The van der Waals surface area contributed by atoms with Crippen molar-refractivity contribution in [3.63, 3.8) is 0 Å². The van der Waals surface area contributed by atoms with E-state index in [1.165, 1.54) is 0 Å². The summed E-state index contributed by atoms with van der Waals surface area (Å²) in [4.78, 5) is 24.3. The van der Waals surface area contributed by atoms with Crippen LogP contribution in [0.2, 0.25) is 5.02 Å². The minimum absolute atomic E-state index is 0.137.